The molecule has 2 heterocycles. The summed E-state index contributed by atoms with van der Waals surface area (Å²) in [4.78, 5) is 24.6. The van der Waals surface area contributed by atoms with Crippen molar-refractivity contribution in [2.24, 2.45) is 0 Å². The van der Waals surface area contributed by atoms with Gasteiger partial charge in [-0.05, 0) is 73.4 Å². The number of hydrogen-bond donors (Lipinski definition) is 0. The number of anilines is 1. The third-order valence-corrected chi connectivity index (χ3v) is 9.18. The lowest BCUT2D eigenvalue weighted by Gasteiger charge is -2.20. The van der Waals surface area contributed by atoms with Crippen LogP contribution >= 0.6 is 11.3 Å². The predicted octanol–water partition coefficient (Wildman–Crippen LogP) is 4.88. The van der Waals surface area contributed by atoms with Crippen LogP contribution in [-0.4, -0.2) is 41.7 Å². The molecule has 0 aliphatic heterocycles. The summed E-state index contributed by atoms with van der Waals surface area (Å²) in [5.41, 5.74) is 3.18. The van der Waals surface area contributed by atoms with Crippen molar-refractivity contribution < 1.29 is 13.2 Å². The van der Waals surface area contributed by atoms with Crippen LogP contribution in [0.25, 0.3) is 10.2 Å². The summed E-state index contributed by atoms with van der Waals surface area (Å²) in [7, 11) is -1.97. The SMILES string of the molecule is CCc1ccc2nc(N(Cc3ccccn3)C(=O)c3ccc(S(=O)(=O)N(C)C4CC4)cc3)sc2c1. The molecule has 2 aromatic heterocycles. The molecule has 0 bridgehead atoms. The second-order valence-electron chi connectivity index (χ2n) is 8.64. The fourth-order valence-electron chi connectivity index (χ4n) is 3.90. The van der Waals surface area contributed by atoms with E-state index < -0.39 is 10.0 Å². The normalized spacial score (nSPS) is 13.9. The van der Waals surface area contributed by atoms with Crippen molar-refractivity contribution in [3.8, 4) is 0 Å². The van der Waals surface area contributed by atoms with Gasteiger partial charge in [0.15, 0.2) is 5.13 Å². The van der Waals surface area contributed by atoms with Gasteiger partial charge in [-0.1, -0.05) is 30.4 Å². The zero-order valence-corrected chi connectivity index (χ0v) is 21.2. The quantitative estimate of drug-likeness (QED) is 0.340. The lowest BCUT2D eigenvalue weighted by molar-refractivity contribution is 0.0984. The Morgan fingerprint density at radius 1 is 1.09 bits per heavy atom. The maximum Gasteiger partial charge on any atom is 0.260 e. The van der Waals surface area contributed by atoms with E-state index in [4.69, 9.17) is 4.98 Å². The van der Waals surface area contributed by atoms with E-state index in [1.165, 1.54) is 33.3 Å². The van der Waals surface area contributed by atoms with Gasteiger partial charge in [-0.15, -0.1) is 0 Å². The van der Waals surface area contributed by atoms with E-state index in [-0.39, 0.29) is 23.4 Å². The predicted molar refractivity (Wildman–Crippen MR) is 138 cm³/mol. The minimum atomic E-state index is -3.58. The molecule has 1 aliphatic carbocycles. The maximum absolute atomic E-state index is 13.7. The van der Waals surface area contributed by atoms with Crippen molar-refractivity contribution in [2.75, 3.05) is 11.9 Å². The third kappa shape index (κ3) is 4.84. The molecule has 1 amide bonds. The van der Waals surface area contributed by atoms with Crippen molar-refractivity contribution in [1.29, 1.82) is 0 Å². The average Bonchev–Trinajstić information content (AvgIpc) is 3.65. The van der Waals surface area contributed by atoms with Crippen LogP contribution in [0.15, 0.2) is 71.8 Å². The lowest BCUT2D eigenvalue weighted by Crippen LogP contribution is -2.31. The molecule has 0 saturated heterocycles. The number of benzene rings is 2. The number of carbonyl (C=O) groups excluding carboxylic acids is 1. The number of nitrogens with zero attached hydrogens (tertiary/aromatic N) is 4. The number of thiazole rings is 1. The highest BCUT2D eigenvalue weighted by molar-refractivity contribution is 7.89. The molecule has 5 rings (SSSR count). The van der Waals surface area contributed by atoms with Crippen LogP contribution in [0.1, 0.15) is 41.4 Å². The highest BCUT2D eigenvalue weighted by Gasteiger charge is 2.35. The molecule has 0 radical (unpaired) electrons. The zero-order chi connectivity index (χ0) is 24.6. The van der Waals surface area contributed by atoms with E-state index in [1.54, 1.807) is 30.3 Å². The zero-order valence-electron chi connectivity index (χ0n) is 19.6. The smallest absolute Gasteiger partial charge is 0.260 e. The highest BCUT2D eigenvalue weighted by atomic mass is 32.2. The molecule has 4 aromatic rings. The lowest BCUT2D eigenvalue weighted by atomic mass is 10.2. The Balaban J connectivity index is 1.48. The molecule has 7 nitrogen and oxygen atoms in total. The summed E-state index contributed by atoms with van der Waals surface area (Å²) in [5, 5.41) is 0.578. The Bertz CT molecular complexity index is 1460. The van der Waals surface area contributed by atoms with Gasteiger partial charge in [0.05, 0.1) is 27.4 Å². The highest BCUT2D eigenvalue weighted by Crippen LogP contribution is 2.33. The van der Waals surface area contributed by atoms with Crippen LogP contribution in [0, 0.1) is 0 Å². The first-order valence-corrected chi connectivity index (χ1v) is 13.8. The number of fused-ring (bicyclic) bond motifs is 1. The number of aryl methyl sites for hydroxylation is 1. The first kappa shape index (κ1) is 23.6. The van der Waals surface area contributed by atoms with Gasteiger partial charge >= 0.3 is 0 Å². The second kappa shape index (κ2) is 9.49. The minimum Gasteiger partial charge on any atom is -0.278 e. The van der Waals surface area contributed by atoms with Crippen molar-refractivity contribution in [2.45, 2.75) is 43.7 Å². The number of sulfonamides is 1. The van der Waals surface area contributed by atoms with Gasteiger partial charge in [-0.2, -0.15) is 4.31 Å². The monoisotopic (exact) mass is 506 g/mol. The fourth-order valence-corrected chi connectivity index (χ4v) is 6.34. The summed E-state index contributed by atoms with van der Waals surface area (Å²) < 4.78 is 28.1. The van der Waals surface area contributed by atoms with E-state index in [1.807, 2.05) is 24.3 Å². The molecule has 180 valence electrons. The first-order chi connectivity index (χ1) is 16.9. The van der Waals surface area contributed by atoms with Crippen LogP contribution in [0.3, 0.4) is 0 Å². The second-order valence-corrected chi connectivity index (χ2v) is 11.6. The van der Waals surface area contributed by atoms with Crippen LogP contribution in [-0.2, 0) is 23.0 Å². The van der Waals surface area contributed by atoms with Gasteiger partial charge in [-0.3, -0.25) is 14.7 Å². The summed E-state index contributed by atoms with van der Waals surface area (Å²) >= 11 is 1.46. The van der Waals surface area contributed by atoms with Crippen LogP contribution in [0.4, 0.5) is 5.13 Å². The van der Waals surface area contributed by atoms with Crippen molar-refractivity contribution in [1.82, 2.24) is 14.3 Å². The molecular formula is C26H26N4O3S2. The molecule has 1 fully saturated rings. The number of hydrogen-bond acceptors (Lipinski definition) is 6. The Labute approximate surface area is 209 Å². The van der Waals surface area contributed by atoms with Gasteiger partial charge in [0.25, 0.3) is 5.91 Å². The van der Waals surface area contributed by atoms with Crippen molar-refractivity contribution in [3.63, 3.8) is 0 Å². The summed E-state index contributed by atoms with van der Waals surface area (Å²) in [5.74, 6) is -0.259. The Kier molecular flexibility index (Phi) is 6.39. The molecule has 1 saturated carbocycles. The van der Waals surface area contributed by atoms with E-state index in [0.29, 0.717) is 10.7 Å². The molecule has 2 aromatic carbocycles. The molecule has 0 atom stereocenters. The number of aromatic nitrogens is 2. The van der Waals surface area contributed by atoms with E-state index in [2.05, 4.69) is 24.0 Å². The maximum atomic E-state index is 13.7. The van der Waals surface area contributed by atoms with Crippen LogP contribution in [0.5, 0.6) is 0 Å². The molecule has 35 heavy (non-hydrogen) atoms. The molecular weight excluding hydrogens is 480 g/mol. The Morgan fingerprint density at radius 3 is 2.51 bits per heavy atom. The fraction of sp³-hybridized carbons (Fsp3) is 0.269. The van der Waals surface area contributed by atoms with Gasteiger partial charge in [0.2, 0.25) is 10.0 Å². The molecule has 1 aliphatic rings. The summed E-state index contributed by atoms with van der Waals surface area (Å²) in [6.07, 6.45) is 4.39. The number of amides is 1. The number of pyridine rings is 1. The van der Waals surface area contributed by atoms with E-state index in [9.17, 15) is 13.2 Å². The summed E-state index contributed by atoms with van der Waals surface area (Å²) in [6.45, 7) is 2.36. The largest absolute Gasteiger partial charge is 0.278 e. The van der Waals surface area contributed by atoms with E-state index >= 15 is 0 Å². The Hall–Kier alpha value is -3.14. The Morgan fingerprint density at radius 2 is 1.86 bits per heavy atom. The summed E-state index contributed by atoms with van der Waals surface area (Å²) in [6, 6.07) is 17.9. The molecule has 0 spiro atoms. The van der Waals surface area contributed by atoms with Crippen LogP contribution in [0.2, 0.25) is 0 Å². The third-order valence-electron chi connectivity index (χ3n) is 6.21. The average molecular weight is 507 g/mol. The number of rotatable bonds is 8. The van der Waals surface area contributed by atoms with Gasteiger partial charge in [0, 0.05) is 24.8 Å². The van der Waals surface area contributed by atoms with Gasteiger partial charge in [-0.25, -0.2) is 13.4 Å². The molecule has 0 unspecified atom stereocenters. The van der Waals surface area contributed by atoms with Gasteiger partial charge < -0.3 is 0 Å². The van der Waals surface area contributed by atoms with Gasteiger partial charge in [0.1, 0.15) is 0 Å². The van der Waals surface area contributed by atoms with E-state index in [0.717, 1.165) is 35.2 Å². The van der Waals surface area contributed by atoms with Crippen molar-refractivity contribution >= 4 is 42.6 Å². The molecule has 0 N–H and O–H groups in total. The standard InChI is InChI=1S/C26H26N4O3S2/c1-3-18-7-14-23-24(16-18)34-26(28-23)30(17-20-6-4-5-15-27-20)25(31)19-8-12-22(13-9-19)35(32,33)29(2)21-10-11-21/h4-9,12-16,21H,3,10-11,17H2,1-2H3. The minimum absolute atomic E-state index is 0.0717. The molecule has 9 heteroatoms. The van der Waals surface area contributed by atoms with Crippen molar-refractivity contribution in [3.05, 3.63) is 83.7 Å². The first-order valence-electron chi connectivity index (χ1n) is 11.6. The number of carbonyl (C=O) groups is 1. The topological polar surface area (TPSA) is 83.5 Å². The van der Waals surface area contributed by atoms with Crippen LogP contribution < -0.4 is 4.90 Å².